The van der Waals surface area contributed by atoms with Crippen LogP contribution in [-0.4, -0.2) is 44.3 Å². The third kappa shape index (κ3) is 2.19. The van der Waals surface area contributed by atoms with E-state index in [1.54, 1.807) is 23.2 Å². The van der Waals surface area contributed by atoms with Gasteiger partial charge in [-0.05, 0) is 31.4 Å². The molecule has 0 saturated carbocycles. The lowest BCUT2D eigenvalue weighted by molar-refractivity contribution is -0.142. The van der Waals surface area contributed by atoms with E-state index in [0.717, 1.165) is 12.8 Å². The lowest BCUT2D eigenvalue weighted by Gasteiger charge is -2.23. The Bertz CT molecular complexity index is 522. The average Bonchev–Trinajstić information content (AvgIpc) is 3.03. The van der Waals surface area contributed by atoms with Crippen LogP contribution in [0.4, 0.5) is 4.79 Å². The number of aromatic nitrogens is 2. The highest BCUT2D eigenvalue weighted by Gasteiger charge is 2.51. The number of nitrogens with one attached hydrogen (secondary N) is 1. The van der Waals surface area contributed by atoms with Crippen LogP contribution in [0.2, 0.25) is 0 Å². The maximum absolute atomic E-state index is 12.2. The maximum atomic E-state index is 12.2. The molecule has 2 aliphatic rings. The van der Waals surface area contributed by atoms with Gasteiger partial charge in [-0.1, -0.05) is 0 Å². The first kappa shape index (κ1) is 12.8. The summed E-state index contributed by atoms with van der Waals surface area (Å²) in [7, 11) is 0. The highest BCUT2D eigenvalue weighted by molar-refractivity contribution is 5.79. The number of carbonyl (C=O) groups excluding carboxylic acids is 1. The molecule has 20 heavy (non-hydrogen) atoms. The average molecular weight is 276 g/mol. The number of rotatable bonds is 3. The van der Waals surface area contributed by atoms with Crippen molar-refractivity contribution in [3.63, 3.8) is 0 Å². The monoisotopic (exact) mass is 276 g/mol. The summed E-state index contributed by atoms with van der Waals surface area (Å²) in [6.45, 7) is 0.306. The van der Waals surface area contributed by atoms with E-state index in [1.807, 2.05) is 0 Å². The lowest BCUT2D eigenvalue weighted by Crippen LogP contribution is -2.44. The molecule has 0 aromatic carbocycles. The van der Waals surface area contributed by atoms with Crippen molar-refractivity contribution < 1.29 is 14.7 Å². The van der Waals surface area contributed by atoms with Gasteiger partial charge in [0.1, 0.15) is 0 Å². The van der Waals surface area contributed by atoms with Crippen molar-refractivity contribution in [2.45, 2.75) is 37.9 Å². The molecular weight excluding hydrogens is 260 g/mol. The fourth-order valence-corrected chi connectivity index (χ4v) is 3.26. The first-order valence-electron chi connectivity index (χ1n) is 6.72. The zero-order valence-electron chi connectivity index (χ0n) is 10.9. The maximum Gasteiger partial charge on any atom is 0.318 e. The molecule has 0 spiro atoms. The third-order valence-corrected chi connectivity index (χ3v) is 4.14. The Morgan fingerprint density at radius 2 is 2.30 bits per heavy atom. The van der Waals surface area contributed by atoms with Gasteiger partial charge in [0.05, 0.1) is 18.2 Å². The Hall–Kier alpha value is -2.18. The number of nitrogens with zero attached hydrogens (tertiary/aromatic N) is 3. The largest absolute Gasteiger partial charge is 0.481 e. The van der Waals surface area contributed by atoms with Crippen LogP contribution < -0.4 is 5.32 Å². The van der Waals surface area contributed by atoms with Crippen LogP contribution in [0.3, 0.4) is 0 Å². The van der Waals surface area contributed by atoms with Gasteiger partial charge in [0.2, 0.25) is 0 Å². The number of aliphatic carboxylic acids is 1. The molecule has 2 saturated heterocycles. The van der Waals surface area contributed by atoms with Crippen molar-refractivity contribution in [2.75, 3.05) is 0 Å². The van der Waals surface area contributed by atoms with E-state index in [-0.39, 0.29) is 18.1 Å². The summed E-state index contributed by atoms with van der Waals surface area (Å²) in [5.41, 5.74) is 0.683. The molecule has 3 heterocycles. The van der Waals surface area contributed by atoms with Crippen molar-refractivity contribution in [2.24, 2.45) is 5.92 Å². The predicted molar refractivity (Wildman–Crippen MR) is 68.7 cm³/mol. The molecule has 3 atom stereocenters. The van der Waals surface area contributed by atoms with Crippen LogP contribution >= 0.6 is 0 Å². The van der Waals surface area contributed by atoms with Gasteiger partial charge in [0, 0.05) is 18.3 Å². The summed E-state index contributed by atoms with van der Waals surface area (Å²) < 4.78 is 0. The Balaban J connectivity index is 1.62. The van der Waals surface area contributed by atoms with Gasteiger partial charge in [0.15, 0.2) is 0 Å². The number of carbonyl (C=O) groups is 2. The predicted octanol–water partition coefficient (Wildman–Crippen LogP) is 0.624. The van der Waals surface area contributed by atoms with Crippen molar-refractivity contribution >= 4 is 12.0 Å². The van der Waals surface area contributed by atoms with Gasteiger partial charge in [0.25, 0.3) is 0 Å². The van der Waals surface area contributed by atoms with E-state index in [1.165, 1.54) is 0 Å². The number of hydrogen-bond acceptors (Lipinski definition) is 4. The van der Waals surface area contributed by atoms with Gasteiger partial charge >= 0.3 is 12.0 Å². The van der Waals surface area contributed by atoms with E-state index in [2.05, 4.69) is 15.5 Å². The van der Waals surface area contributed by atoms with E-state index < -0.39 is 11.9 Å². The van der Waals surface area contributed by atoms with Crippen LogP contribution in [0.15, 0.2) is 18.3 Å². The van der Waals surface area contributed by atoms with Crippen molar-refractivity contribution in [1.29, 1.82) is 0 Å². The number of carboxylic acids is 1. The van der Waals surface area contributed by atoms with E-state index in [9.17, 15) is 9.59 Å². The first-order valence-corrected chi connectivity index (χ1v) is 6.72. The Morgan fingerprint density at radius 1 is 1.45 bits per heavy atom. The van der Waals surface area contributed by atoms with Gasteiger partial charge in [-0.15, -0.1) is 0 Å². The minimum absolute atomic E-state index is 0.0583. The molecule has 2 N–H and O–H groups in total. The van der Waals surface area contributed by atoms with Crippen LogP contribution in [-0.2, 0) is 11.3 Å². The number of fused-ring (bicyclic) bond motifs is 2. The third-order valence-electron chi connectivity index (χ3n) is 4.14. The molecule has 3 unspecified atom stereocenters. The molecule has 2 aliphatic heterocycles. The van der Waals surface area contributed by atoms with Crippen LogP contribution in [0.25, 0.3) is 0 Å². The molecule has 106 valence electrons. The highest BCUT2D eigenvalue weighted by atomic mass is 16.4. The molecule has 0 radical (unpaired) electrons. The van der Waals surface area contributed by atoms with Crippen LogP contribution in [0.5, 0.6) is 0 Å². The molecular formula is C13H16N4O3. The quantitative estimate of drug-likeness (QED) is 0.844. The first-order chi connectivity index (χ1) is 9.66. The molecule has 7 heteroatoms. The summed E-state index contributed by atoms with van der Waals surface area (Å²) in [5, 5.41) is 19.6. The second-order valence-electron chi connectivity index (χ2n) is 5.26. The van der Waals surface area contributed by atoms with Crippen molar-refractivity contribution in [1.82, 2.24) is 20.4 Å². The van der Waals surface area contributed by atoms with Crippen LogP contribution in [0.1, 0.15) is 25.0 Å². The van der Waals surface area contributed by atoms with Crippen molar-refractivity contribution in [3.8, 4) is 0 Å². The molecule has 3 rings (SSSR count). The molecule has 2 fully saturated rings. The fourth-order valence-electron chi connectivity index (χ4n) is 3.26. The second-order valence-corrected chi connectivity index (χ2v) is 5.26. The number of carboxylic acid groups (broad SMARTS) is 1. The molecule has 7 nitrogen and oxygen atoms in total. The van der Waals surface area contributed by atoms with E-state index in [4.69, 9.17) is 5.11 Å². The van der Waals surface area contributed by atoms with Gasteiger partial charge < -0.3 is 15.3 Å². The Kier molecular flexibility index (Phi) is 3.25. The van der Waals surface area contributed by atoms with Crippen molar-refractivity contribution in [3.05, 3.63) is 24.0 Å². The topological polar surface area (TPSA) is 95.4 Å². The molecule has 1 aromatic heterocycles. The minimum atomic E-state index is -0.802. The zero-order chi connectivity index (χ0) is 14.1. The normalized spacial score (nSPS) is 27.6. The number of urea groups is 1. The number of amides is 2. The summed E-state index contributed by atoms with van der Waals surface area (Å²) in [5.74, 6) is -1.22. The molecule has 2 bridgehead atoms. The van der Waals surface area contributed by atoms with Gasteiger partial charge in [-0.2, -0.15) is 10.2 Å². The van der Waals surface area contributed by atoms with Gasteiger partial charge in [-0.3, -0.25) is 4.79 Å². The molecule has 0 aliphatic carbocycles. The van der Waals surface area contributed by atoms with Gasteiger partial charge in [-0.25, -0.2) is 4.79 Å². The molecule has 1 aromatic rings. The smallest absolute Gasteiger partial charge is 0.318 e. The minimum Gasteiger partial charge on any atom is -0.481 e. The number of hydrogen-bond donors (Lipinski definition) is 2. The van der Waals surface area contributed by atoms with Crippen LogP contribution in [0, 0.1) is 5.92 Å². The van der Waals surface area contributed by atoms with E-state index >= 15 is 0 Å². The summed E-state index contributed by atoms with van der Waals surface area (Å²) in [6, 6.07) is 3.23. The molecule has 2 amide bonds. The summed E-state index contributed by atoms with van der Waals surface area (Å²) in [4.78, 5) is 25.1. The zero-order valence-corrected chi connectivity index (χ0v) is 10.9. The standard InChI is InChI=1S/C13H16N4O3/c18-12(19)10-6-9-3-4-11(10)17(9)13(20)14-7-8-2-1-5-15-16-8/h1-2,5,9-11H,3-4,6-7H2,(H,14,20)(H,18,19). The summed E-state index contributed by atoms with van der Waals surface area (Å²) in [6.07, 6.45) is 3.81. The van der Waals surface area contributed by atoms with E-state index in [0.29, 0.717) is 18.7 Å². The summed E-state index contributed by atoms with van der Waals surface area (Å²) >= 11 is 0. The SMILES string of the molecule is O=C(O)C1CC2CCC1N2C(=O)NCc1cccnn1. The lowest BCUT2D eigenvalue weighted by atomic mass is 9.89. The second kappa shape index (κ2) is 5.07. The fraction of sp³-hybridized carbons (Fsp3) is 0.538. The highest BCUT2D eigenvalue weighted by Crippen LogP contribution is 2.41. The Labute approximate surface area is 116 Å². The Morgan fingerprint density at radius 3 is 2.95 bits per heavy atom.